The monoisotopic (exact) mass is 292 g/mol. The molecule has 1 aliphatic heterocycles. The van der Waals surface area contributed by atoms with Crippen molar-refractivity contribution in [1.82, 2.24) is 10.4 Å². The number of carbonyl (C=O) groups is 2. The standard InChI is InChI=1S/C15H17FN2O3/c1-9(2)7-12-14(19)18(21)15(20)13(17-12)8-10-3-5-11(16)6-4-10/h3-6,8-9,12,17,21H,7H2,1-2H3/b13-8-. The van der Waals surface area contributed by atoms with E-state index in [1.165, 1.54) is 30.3 Å². The molecule has 21 heavy (non-hydrogen) atoms. The minimum Gasteiger partial charge on any atom is -0.369 e. The minimum absolute atomic E-state index is 0.106. The van der Waals surface area contributed by atoms with Crippen LogP contribution in [0.2, 0.25) is 0 Å². The van der Waals surface area contributed by atoms with Crippen molar-refractivity contribution < 1.29 is 19.2 Å². The summed E-state index contributed by atoms with van der Waals surface area (Å²) in [6.45, 7) is 3.88. The Labute approximate surface area is 122 Å². The van der Waals surface area contributed by atoms with E-state index in [0.29, 0.717) is 12.0 Å². The zero-order chi connectivity index (χ0) is 15.6. The zero-order valence-corrected chi connectivity index (χ0v) is 11.8. The second-order valence-electron chi connectivity index (χ2n) is 5.39. The predicted molar refractivity (Wildman–Crippen MR) is 74.4 cm³/mol. The number of nitrogens with zero attached hydrogens (tertiary/aromatic N) is 1. The van der Waals surface area contributed by atoms with E-state index >= 15 is 0 Å². The van der Waals surface area contributed by atoms with E-state index in [1.54, 1.807) is 0 Å². The number of hydroxylamine groups is 2. The summed E-state index contributed by atoms with van der Waals surface area (Å²) >= 11 is 0. The van der Waals surface area contributed by atoms with Crippen molar-refractivity contribution in [3.8, 4) is 0 Å². The topological polar surface area (TPSA) is 69.6 Å². The fourth-order valence-corrected chi connectivity index (χ4v) is 2.13. The Balaban J connectivity index is 2.27. The zero-order valence-electron chi connectivity index (χ0n) is 11.8. The molecule has 0 aromatic heterocycles. The predicted octanol–water partition coefficient (Wildman–Crippen LogP) is 1.93. The first-order valence-electron chi connectivity index (χ1n) is 6.69. The maximum Gasteiger partial charge on any atom is 0.300 e. The van der Waals surface area contributed by atoms with Gasteiger partial charge >= 0.3 is 5.91 Å². The van der Waals surface area contributed by atoms with Gasteiger partial charge in [0.25, 0.3) is 5.91 Å². The molecule has 2 N–H and O–H groups in total. The first kappa shape index (κ1) is 15.2. The summed E-state index contributed by atoms with van der Waals surface area (Å²) in [5, 5.41) is 12.6. The van der Waals surface area contributed by atoms with E-state index in [0.717, 1.165) is 0 Å². The fourth-order valence-electron chi connectivity index (χ4n) is 2.13. The van der Waals surface area contributed by atoms with Crippen molar-refractivity contribution in [2.75, 3.05) is 0 Å². The van der Waals surface area contributed by atoms with Crippen molar-refractivity contribution in [1.29, 1.82) is 0 Å². The summed E-state index contributed by atoms with van der Waals surface area (Å²) in [5.74, 6) is -1.63. The second-order valence-corrected chi connectivity index (χ2v) is 5.39. The van der Waals surface area contributed by atoms with Gasteiger partial charge in [-0.1, -0.05) is 26.0 Å². The van der Waals surface area contributed by atoms with Crippen LogP contribution >= 0.6 is 0 Å². The fraction of sp³-hybridized carbons (Fsp3) is 0.333. The number of hydrogen-bond donors (Lipinski definition) is 2. The van der Waals surface area contributed by atoms with Crippen LogP contribution in [0.15, 0.2) is 30.0 Å². The molecule has 1 aromatic carbocycles. The van der Waals surface area contributed by atoms with Gasteiger partial charge in [0.1, 0.15) is 17.6 Å². The molecule has 1 atom stereocenters. The quantitative estimate of drug-likeness (QED) is 0.507. The normalized spacial score (nSPS) is 21.1. The highest BCUT2D eigenvalue weighted by molar-refractivity contribution is 6.09. The van der Waals surface area contributed by atoms with Crippen LogP contribution in [0.3, 0.4) is 0 Å². The highest BCUT2D eigenvalue weighted by Crippen LogP contribution is 2.17. The SMILES string of the molecule is CC(C)CC1N/C(=C\c2ccc(F)cc2)C(=O)N(O)C1=O. The molecule has 112 valence electrons. The second kappa shape index (κ2) is 6.05. The first-order valence-corrected chi connectivity index (χ1v) is 6.69. The molecule has 1 unspecified atom stereocenters. The maximum absolute atomic E-state index is 12.9. The summed E-state index contributed by atoms with van der Waals surface area (Å²) in [6.07, 6.45) is 1.97. The average Bonchev–Trinajstić information content (AvgIpc) is 2.43. The number of piperazine rings is 1. The maximum atomic E-state index is 12.9. The number of rotatable bonds is 3. The van der Waals surface area contributed by atoms with E-state index in [9.17, 15) is 19.2 Å². The van der Waals surface area contributed by atoms with Crippen molar-refractivity contribution >= 4 is 17.9 Å². The lowest BCUT2D eigenvalue weighted by Crippen LogP contribution is -2.55. The van der Waals surface area contributed by atoms with Gasteiger partial charge in [0, 0.05) is 0 Å². The molecule has 2 rings (SSSR count). The molecule has 1 heterocycles. The van der Waals surface area contributed by atoms with Gasteiger partial charge in [0.05, 0.1) is 0 Å². The molecule has 1 saturated heterocycles. The van der Waals surface area contributed by atoms with Gasteiger partial charge in [-0.3, -0.25) is 14.8 Å². The van der Waals surface area contributed by atoms with Crippen molar-refractivity contribution in [3.63, 3.8) is 0 Å². The molecule has 0 bridgehead atoms. The highest BCUT2D eigenvalue weighted by atomic mass is 19.1. The Morgan fingerprint density at radius 3 is 2.52 bits per heavy atom. The van der Waals surface area contributed by atoms with Crippen LogP contribution in [0, 0.1) is 11.7 Å². The molecule has 0 spiro atoms. The Morgan fingerprint density at radius 2 is 1.95 bits per heavy atom. The van der Waals surface area contributed by atoms with Gasteiger partial charge in [-0.25, -0.2) is 4.39 Å². The smallest absolute Gasteiger partial charge is 0.300 e. The first-order chi connectivity index (χ1) is 9.88. The van der Waals surface area contributed by atoms with Crippen LogP contribution in [0.25, 0.3) is 6.08 Å². The Hall–Kier alpha value is -2.21. The van der Waals surface area contributed by atoms with Gasteiger partial charge in [0.15, 0.2) is 0 Å². The van der Waals surface area contributed by atoms with Crippen LogP contribution in [-0.4, -0.2) is 28.1 Å². The largest absolute Gasteiger partial charge is 0.369 e. The lowest BCUT2D eigenvalue weighted by molar-refractivity contribution is -0.181. The summed E-state index contributed by atoms with van der Waals surface area (Å²) in [5.41, 5.74) is 0.702. The molecular formula is C15H17FN2O3. The van der Waals surface area contributed by atoms with Gasteiger partial charge in [-0.15, -0.1) is 5.06 Å². The molecule has 6 heteroatoms. The molecule has 0 saturated carbocycles. The van der Waals surface area contributed by atoms with E-state index in [2.05, 4.69) is 5.32 Å². The average molecular weight is 292 g/mol. The molecular weight excluding hydrogens is 275 g/mol. The van der Waals surface area contributed by atoms with Crippen LogP contribution < -0.4 is 5.32 Å². The third-order valence-corrected chi connectivity index (χ3v) is 3.15. The van der Waals surface area contributed by atoms with E-state index in [1.807, 2.05) is 13.8 Å². The van der Waals surface area contributed by atoms with Gasteiger partial charge < -0.3 is 5.32 Å². The van der Waals surface area contributed by atoms with Gasteiger partial charge in [-0.05, 0) is 36.1 Å². The van der Waals surface area contributed by atoms with Crippen LogP contribution in [0.1, 0.15) is 25.8 Å². The van der Waals surface area contributed by atoms with Gasteiger partial charge in [-0.2, -0.15) is 0 Å². The minimum atomic E-state index is -0.815. The number of halogens is 1. The number of benzene rings is 1. The number of imide groups is 1. The van der Waals surface area contributed by atoms with E-state index < -0.39 is 17.9 Å². The third-order valence-electron chi connectivity index (χ3n) is 3.15. The van der Waals surface area contributed by atoms with E-state index in [4.69, 9.17) is 0 Å². The van der Waals surface area contributed by atoms with Crippen molar-refractivity contribution in [2.45, 2.75) is 26.3 Å². The summed E-state index contributed by atoms with van der Waals surface area (Å²) in [6, 6.07) is 4.90. The lowest BCUT2D eigenvalue weighted by atomic mass is 10.0. The number of amides is 2. The molecule has 5 nitrogen and oxygen atoms in total. The van der Waals surface area contributed by atoms with Crippen LogP contribution in [-0.2, 0) is 9.59 Å². The molecule has 1 aromatic rings. The third kappa shape index (κ3) is 3.46. The van der Waals surface area contributed by atoms with Gasteiger partial charge in [0.2, 0.25) is 0 Å². The molecule has 0 radical (unpaired) electrons. The summed E-state index contributed by atoms with van der Waals surface area (Å²) in [4.78, 5) is 23.7. The number of carbonyl (C=O) groups excluding carboxylic acids is 2. The van der Waals surface area contributed by atoms with Crippen molar-refractivity contribution in [2.24, 2.45) is 5.92 Å². The van der Waals surface area contributed by atoms with Crippen LogP contribution in [0.4, 0.5) is 4.39 Å². The number of nitrogens with one attached hydrogen (secondary N) is 1. The highest BCUT2D eigenvalue weighted by Gasteiger charge is 2.36. The summed E-state index contributed by atoms with van der Waals surface area (Å²) in [7, 11) is 0. The van der Waals surface area contributed by atoms with Crippen molar-refractivity contribution in [3.05, 3.63) is 41.3 Å². The summed E-state index contributed by atoms with van der Waals surface area (Å²) < 4.78 is 12.9. The number of hydrogen-bond acceptors (Lipinski definition) is 4. The lowest BCUT2D eigenvalue weighted by Gasteiger charge is -2.30. The molecule has 0 aliphatic carbocycles. The molecule has 2 amide bonds. The molecule has 1 fully saturated rings. The Kier molecular flexibility index (Phi) is 4.37. The molecule has 1 aliphatic rings. The van der Waals surface area contributed by atoms with Crippen LogP contribution in [0.5, 0.6) is 0 Å². The van der Waals surface area contributed by atoms with E-state index in [-0.39, 0.29) is 22.5 Å². The Morgan fingerprint density at radius 1 is 1.33 bits per heavy atom. The Bertz CT molecular complexity index is 581.